The van der Waals surface area contributed by atoms with Gasteiger partial charge in [-0.25, -0.2) is 9.78 Å². The van der Waals surface area contributed by atoms with Crippen molar-refractivity contribution in [2.75, 3.05) is 6.61 Å². The normalized spacial score (nSPS) is 14.0. The van der Waals surface area contributed by atoms with Crippen molar-refractivity contribution in [2.24, 2.45) is 0 Å². The molecule has 4 aromatic rings. The van der Waals surface area contributed by atoms with Crippen molar-refractivity contribution < 1.29 is 19.1 Å². The largest absolute Gasteiger partial charge is 0.454 e. The quantitative estimate of drug-likeness (QED) is 0.209. The molecule has 0 atom stereocenters. The molecule has 0 radical (unpaired) electrons. The average molecular weight is 535 g/mol. The molecule has 5 rings (SSSR count). The number of pyridine rings is 1. The summed E-state index contributed by atoms with van der Waals surface area (Å²) in [5.41, 5.74) is 8.33. The molecule has 6 heteroatoms. The first-order valence-electron chi connectivity index (χ1n) is 13.6. The number of nitrogens with zero attached hydrogens (tertiary/aromatic N) is 1. The second-order valence-corrected chi connectivity index (χ2v) is 11.6. The average Bonchev–Trinajstić information content (AvgIpc) is 3.44. The maximum absolute atomic E-state index is 13.5. The van der Waals surface area contributed by atoms with Crippen molar-refractivity contribution in [3.63, 3.8) is 0 Å². The number of allylic oxidation sites excluding steroid dienone is 1. The van der Waals surface area contributed by atoms with Crippen LogP contribution in [0.5, 0.6) is 0 Å². The first-order valence-corrected chi connectivity index (χ1v) is 13.6. The molecule has 0 fully saturated rings. The van der Waals surface area contributed by atoms with Gasteiger partial charge in [0.1, 0.15) is 0 Å². The van der Waals surface area contributed by atoms with Crippen LogP contribution in [0.2, 0.25) is 0 Å². The van der Waals surface area contributed by atoms with Crippen molar-refractivity contribution in [2.45, 2.75) is 59.8 Å². The Morgan fingerprint density at radius 2 is 1.68 bits per heavy atom. The highest BCUT2D eigenvalue weighted by atomic mass is 16.5. The lowest BCUT2D eigenvalue weighted by atomic mass is 9.86. The van der Waals surface area contributed by atoms with Crippen molar-refractivity contribution in [1.82, 2.24) is 9.97 Å². The summed E-state index contributed by atoms with van der Waals surface area (Å²) in [7, 11) is 0. The molecule has 0 saturated heterocycles. The number of carbonyl (C=O) groups is 3. The van der Waals surface area contributed by atoms with E-state index in [9.17, 15) is 14.4 Å². The predicted octanol–water partition coefficient (Wildman–Crippen LogP) is 7.21. The SMILES string of the molecule is CC(=O)c1c(C)[nH]c(C(=O)COC(=O)c2c3c(nc4ccccc24)/C(=C/c2ccc(C(C)(C)C)cc2)CC3)c1C. The van der Waals surface area contributed by atoms with Gasteiger partial charge in [-0.15, -0.1) is 0 Å². The summed E-state index contributed by atoms with van der Waals surface area (Å²) in [6.45, 7) is 11.1. The van der Waals surface area contributed by atoms with E-state index in [2.05, 4.69) is 56.1 Å². The number of aromatic amines is 1. The van der Waals surface area contributed by atoms with Gasteiger partial charge in [0.25, 0.3) is 0 Å². The summed E-state index contributed by atoms with van der Waals surface area (Å²) in [5.74, 6) is -1.04. The summed E-state index contributed by atoms with van der Waals surface area (Å²) >= 11 is 0. The number of esters is 1. The minimum Gasteiger partial charge on any atom is -0.454 e. The van der Waals surface area contributed by atoms with E-state index >= 15 is 0 Å². The molecule has 2 aromatic carbocycles. The zero-order valence-corrected chi connectivity index (χ0v) is 23.9. The molecule has 0 saturated carbocycles. The fraction of sp³-hybridized carbons (Fsp3) is 0.294. The lowest BCUT2D eigenvalue weighted by Gasteiger charge is -2.18. The monoisotopic (exact) mass is 534 g/mol. The van der Waals surface area contributed by atoms with E-state index in [1.54, 1.807) is 13.8 Å². The Morgan fingerprint density at radius 3 is 2.33 bits per heavy atom. The fourth-order valence-electron chi connectivity index (χ4n) is 5.63. The molecule has 0 aliphatic heterocycles. The van der Waals surface area contributed by atoms with E-state index < -0.39 is 12.6 Å². The summed E-state index contributed by atoms with van der Waals surface area (Å²) in [5, 5.41) is 0.709. The third-order valence-corrected chi connectivity index (χ3v) is 7.67. The van der Waals surface area contributed by atoms with Gasteiger partial charge in [-0.1, -0.05) is 63.2 Å². The van der Waals surface area contributed by atoms with E-state index in [1.807, 2.05) is 24.3 Å². The van der Waals surface area contributed by atoms with Crippen LogP contribution in [0.3, 0.4) is 0 Å². The van der Waals surface area contributed by atoms with Gasteiger partial charge in [-0.3, -0.25) is 9.59 Å². The van der Waals surface area contributed by atoms with Gasteiger partial charge >= 0.3 is 5.97 Å². The molecule has 0 bridgehead atoms. The van der Waals surface area contributed by atoms with Gasteiger partial charge in [-0.05, 0) is 79.0 Å². The highest BCUT2D eigenvalue weighted by Gasteiger charge is 2.29. The minimum absolute atomic E-state index is 0.0802. The van der Waals surface area contributed by atoms with Gasteiger partial charge < -0.3 is 9.72 Å². The second kappa shape index (κ2) is 10.3. The smallest absolute Gasteiger partial charge is 0.339 e. The van der Waals surface area contributed by atoms with Gasteiger partial charge in [-0.2, -0.15) is 0 Å². The van der Waals surface area contributed by atoms with E-state index in [0.717, 1.165) is 28.8 Å². The second-order valence-electron chi connectivity index (χ2n) is 11.6. The minimum atomic E-state index is -0.549. The van der Waals surface area contributed by atoms with Crippen molar-refractivity contribution >= 4 is 40.1 Å². The number of para-hydroxylation sites is 1. The zero-order valence-electron chi connectivity index (χ0n) is 23.9. The van der Waals surface area contributed by atoms with Crippen molar-refractivity contribution in [3.05, 3.63) is 99.0 Å². The van der Waals surface area contributed by atoms with Gasteiger partial charge in [0.05, 0.1) is 22.5 Å². The lowest BCUT2D eigenvalue weighted by molar-refractivity contribution is 0.0474. The number of aromatic nitrogens is 2. The molecule has 0 amide bonds. The molecule has 1 N–H and O–H groups in total. The number of ether oxygens (including phenoxy) is 1. The van der Waals surface area contributed by atoms with Crippen LogP contribution in [0, 0.1) is 13.8 Å². The fourth-order valence-corrected chi connectivity index (χ4v) is 5.63. The third-order valence-electron chi connectivity index (χ3n) is 7.67. The molecule has 0 unspecified atom stereocenters. The van der Waals surface area contributed by atoms with Crippen LogP contribution >= 0.6 is 0 Å². The zero-order chi connectivity index (χ0) is 28.8. The topological polar surface area (TPSA) is 89.1 Å². The number of H-pyrrole nitrogens is 1. The summed E-state index contributed by atoms with van der Waals surface area (Å²) < 4.78 is 5.60. The van der Waals surface area contributed by atoms with Crippen LogP contribution in [-0.4, -0.2) is 34.1 Å². The number of hydrogen-bond donors (Lipinski definition) is 1. The van der Waals surface area contributed by atoms with Crippen molar-refractivity contribution in [1.29, 1.82) is 0 Å². The number of Topliss-reactive ketones (excluding diaryl/α,β-unsaturated/α-hetero) is 2. The number of ketones is 2. The van der Waals surface area contributed by atoms with E-state index in [1.165, 1.54) is 12.5 Å². The van der Waals surface area contributed by atoms with E-state index in [0.29, 0.717) is 45.4 Å². The highest BCUT2D eigenvalue weighted by molar-refractivity contribution is 6.09. The molecule has 6 nitrogen and oxygen atoms in total. The molecule has 204 valence electrons. The number of benzene rings is 2. The maximum Gasteiger partial charge on any atom is 0.339 e. The maximum atomic E-state index is 13.5. The number of nitrogens with one attached hydrogen (secondary N) is 1. The molecule has 2 heterocycles. The molecule has 0 spiro atoms. The number of aryl methyl sites for hydroxylation is 1. The van der Waals surface area contributed by atoms with Crippen LogP contribution in [-0.2, 0) is 16.6 Å². The van der Waals surface area contributed by atoms with Crippen LogP contribution in [0.25, 0.3) is 22.6 Å². The predicted molar refractivity (Wildman–Crippen MR) is 158 cm³/mol. The Kier molecular flexibility index (Phi) is 7.05. The van der Waals surface area contributed by atoms with Gasteiger partial charge in [0, 0.05) is 16.6 Å². The first-order chi connectivity index (χ1) is 19.0. The molecule has 1 aliphatic carbocycles. The van der Waals surface area contributed by atoms with Crippen LogP contribution in [0.1, 0.15) is 99.0 Å². The van der Waals surface area contributed by atoms with Crippen molar-refractivity contribution in [3.8, 4) is 0 Å². The van der Waals surface area contributed by atoms with E-state index in [4.69, 9.17) is 9.72 Å². The highest BCUT2D eigenvalue weighted by Crippen LogP contribution is 2.38. The van der Waals surface area contributed by atoms with Crippen LogP contribution in [0.4, 0.5) is 0 Å². The molecule has 40 heavy (non-hydrogen) atoms. The molecular weight excluding hydrogens is 500 g/mol. The Balaban J connectivity index is 1.46. The third kappa shape index (κ3) is 5.02. The molecule has 2 aromatic heterocycles. The van der Waals surface area contributed by atoms with Gasteiger partial charge in [0.2, 0.25) is 5.78 Å². The lowest BCUT2D eigenvalue weighted by Crippen LogP contribution is -2.17. The Morgan fingerprint density at radius 1 is 0.975 bits per heavy atom. The number of carbonyl (C=O) groups excluding carboxylic acids is 3. The van der Waals surface area contributed by atoms with Gasteiger partial charge in [0.15, 0.2) is 12.4 Å². The number of fused-ring (bicyclic) bond motifs is 2. The van der Waals surface area contributed by atoms with Crippen LogP contribution in [0.15, 0.2) is 48.5 Å². The number of hydrogen-bond acceptors (Lipinski definition) is 5. The molecular formula is C34H34N2O4. The summed E-state index contributed by atoms with van der Waals surface area (Å²) in [6.07, 6.45) is 3.56. The summed E-state index contributed by atoms with van der Waals surface area (Å²) in [4.78, 5) is 46.4. The number of rotatable bonds is 6. The standard InChI is InChI=1S/C34H34N2O4/c1-19-29(21(3)37)20(2)35-31(19)28(38)18-40-33(39)30-25-9-7-8-10-27(25)36-32-23(13-16-26(30)32)17-22-11-14-24(15-12-22)34(4,5)6/h7-12,14-15,17,35H,13,16,18H2,1-6H3/b23-17+. The Labute approximate surface area is 234 Å². The Hall–Kier alpha value is -4.32. The Bertz CT molecular complexity index is 1700. The summed E-state index contributed by atoms with van der Waals surface area (Å²) in [6, 6.07) is 16.1. The molecule has 1 aliphatic rings. The first kappa shape index (κ1) is 27.3. The van der Waals surface area contributed by atoms with E-state index in [-0.39, 0.29) is 17.0 Å². The van der Waals surface area contributed by atoms with Crippen LogP contribution < -0.4 is 0 Å².